The summed E-state index contributed by atoms with van der Waals surface area (Å²) in [6.45, 7) is 2.72. The largest absolute Gasteiger partial charge is 0.381 e. The van der Waals surface area contributed by atoms with E-state index in [1.54, 1.807) is 30.6 Å². The van der Waals surface area contributed by atoms with Crippen LogP contribution in [0.25, 0.3) is 0 Å². The zero-order valence-electron chi connectivity index (χ0n) is 13.7. The number of aromatic nitrogens is 1. The second kappa shape index (κ2) is 8.06. The SMILES string of the molecule is O=C(C=C1CCOCC1)NC1CCN(C(=O)c2cccnc2)CC1. The summed E-state index contributed by atoms with van der Waals surface area (Å²) in [7, 11) is 0. The summed E-state index contributed by atoms with van der Waals surface area (Å²) in [6, 6.07) is 3.68. The first-order valence-corrected chi connectivity index (χ1v) is 8.49. The molecule has 0 saturated carbocycles. The van der Waals surface area contributed by atoms with E-state index < -0.39 is 0 Å². The fourth-order valence-electron chi connectivity index (χ4n) is 3.10. The molecule has 2 aliphatic rings. The number of hydrogen-bond donors (Lipinski definition) is 1. The number of piperidine rings is 1. The molecule has 2 aliphatic heterocycles. The highest BCUT2D eigenvalue weighted by Crippen LogP contribution is 2.15. The van der Waals surface area contributed by atoms with Gasteiger partial charge in [0, 0.05) is 37.6 Å². The molecule has 0 aliphatic carbocycles. The zero-order valence-corrected chi connectivity index (χ0v) is 13.7. The summed E-state index contributed by atoms with van der Waals surface area (Å²) >= 11 is 0. The van der Waals surface area contributed by atoms with Crippen LogP contribution in [0.3, 0.4) is 0 Å². The van der Waals surface area contributed by atoms with Crippen molar-refractivity contribution in [2.75, 3.05) is 26.3 Å². The lowest BCUT2D eigenvalue weighted by Crippen LogP contribution is -2.46. The highest BCUT2D eigenvalue weighted by molar-refractivity contribution is 5.94. The van der Waals surface area contributed by atoms with Crippen LogP contribution in [0.4, 0.5) is 0 Å². The predicted octanol–water partition coefficient (Wildman–Crippen LogP) is 1.54. The van der Waals surface area contributed by atoms with Gasteiger partial charge in [-0.1, -0.05) is 5.57 Å². The van der Waals surface area contributed by atoms with E-state index >= 15 is 0 Å². The Morgan fingerprint density at radius 2 is 2.00 bits per heavy atom. The van der Waals surface area contributed by atoms with Crippen molar-refractivity contribution in [3.8, 4) is 0 Å². The fraction of sp³-hybridized carbons (Fsp3) is 0.500. The van der Waals surface area contributed by atoms with Crippen molar-refractivity contribution in [3.05, 3.63) is 41.7 Å². The summed E-state index contributed by atoms with van der Waals surface area (Å²) < 4.78 is 5.29. The van der Waals surface area contributed by atoms with E-state index in [1.165, 1.54) is 0 Å². The Kier molecular flexibility index (Phi) is 5.59. The summed E-state index contributed by atoms with van der Waals surface area (Å²) in [5.74, 6) is -0.0128. The van der Waals surface area contributed by atoms with Gasteiger partial charge in [0.05, 0.1) is 18.8 Å². The van der Waals surface area contributed by atoms with Gasteiger partial charge in [0.15, 0.2) is 0 Å². The quantitative estimate of drug-likeness (QED) is 0.854. The van der Waals surface area contributed by atoms with Crippen molar-refractivity contribution in [1.29, 1.82) is 0 Å². The second-order valence-electron chi connectivity index (χ2n) is 6.23. The average molecular weight is 329 g/mol. The third-order valence-corrected chi connectivity index (χ3v) is 4.51. The molecule has 0 atom stereocenters. The molecular formula is C18H23N3O3. The molecule has 3 heterocycles. The van der Waals surface area contributed by atoms with Crippen LogP contribution in [0.1, 0.15) is 36.0 Å². The molecule has 0 spiro atoms. The van der Waals surface area contributed by atoms with Gasteiger partial charge in [-0.3, -0.25) is 14.6 Å². The third kappa shape index (κ3) is 4.41. The lowest BCUT2D eigenvalue weighted by molar-refractivity contribution is -0.117. The van der Waals surface area contributed by atoms with Gasteiger partial charge in [0.25, 0.3) is 5.91 Å². The van der Waals surface area contributed by atoms with E-state index in [4.69, 9.17) is 4.74 Å². The molecule has 1 aromatic heterocycles. The first kappa shape index (κ1) is 16.6. The molecule has 2 fully saturated rings. The van der Waals surface area contributed by atoms with Crippen LogP contribution in [0, 0.1) is 0 Å². The van der Waals surface area contributed by atoms with E-state index in [2.05, 4.69) is 10.3 Å². The van der Waals surface area contributed by atoms with Crippen LogP contribution >= 0.6 is 0 Å². The van der Waals surface area contributed by atoms with Crippen molar-refractivity contribution < 1.29 is 14.3 Å². The van der Waals surface area contributed by atoms with Crippen molar-refractivity contribution in [3.63, 3.8) is 0 Å². The summed E-state index contributed by atoms with van der Waals surface area (Å²) in [5, 5.41) is 3.06. The number of pyridine rings is 1. The first-order valence-electron chi connectivity index (χ1n) is 8.49. The van der Waals surface area contributed by atoms with E-state index in [9.17, 15) is 9.59 Å². The minimum atomic E-state index is -0.0241. The minimum absolute atomic E-state index is 0.0113. The number of carbonyl (C=O) groups is 2. The number of carbonyl (C=O) groups excluding carboxylic acids is 2. The van der Waals surface area contributed by atoms with Crippen molar-refractivity contribution >= 4 is 11.8 Å². The fourth-order valence-corrected chi connectivity index (χ4v) is 3.10. The third-order valence-electron chi connectivity index (χ3n) is 4.51. The number of nitrogens with zero attached hydrogens (tertiary/aromatic N) is 2. The number of nitrogens with one attached hydrogen (secondary N) is 1. The Labute approximate surface area is 141 Å². The van der Waals surface area contributed by atoms with Gasteiger partial charge in [0.2, 0.25) is 5.91 Å². The Balaban J connectivity index is 1.46. The number of amides is 2. The van der Waals surface area contributed by atoms with E-state index in [1.807, 2.05) is 4.90 Å². The molecule has 3 rings (SSSR count). The van der Waals surface area contributed by atoms with Crippen LogP contribution in [0.5, 0.6) is 0 Å². The minimum Gasteiger partial charge on any atom is -0.381 e. The Hall–Kier alpha value is -2.21. The molecule has 2 saturated heterocycles. The van der Waals surface area contributed by atoms with E-state index in [0.29, 0.717) is 31.9 Å². The van der Waals surface area contributed by atoms with Crippen LogP contribution in [0.15, 0.2) is 36.2 Å². The lowest BCUT2D eigenvalue weighted by Gasteiger charge is -2.32. The molecular weight excluding hydrogens is 306 g/mol. The topological polar surface area (TPSA) is 71.5 Å². The molecule has 128 valence electrons. The van der Waals surface area contributed by atoms with Gasteiger partial charge in [-0.05, 0) is 37.8 Å². The predicted molar refractivity (Wildman–Crippen MR) is 89.4 cm³/mol. The van der Waals surface area contributed by atoms with E-state index in [-0.39, 0.29) is 17.9 Å². The Morgan fingerprint density at radius 1 is 1.25 bits per heavy atom. The highest BCUT2D eigenvalue weighted by Gasteiger charge is 2.24. The van der Waals surface area contributed by atoms with Crippen LogP contribution in [-0.4, -0.2) is 54.0 Å². The number of hydrogen-bond acceptors (Lipinski definition) is 4. The summed E-state index contributed by atoms with van der Waals surface area (Å²) in [5.41, 5.74) is 1.77. The van der Waals surface area contributed by atoms with Crippen LogP contribution < -0.4 is 5.32 Å². The van der Waals surface area contributed by atoms with Gasteiger partial charge in [-0.2, -0.15) is 0 Å². The van der Waals surface area contributed by atoms with Crippen molar-refractivity contribution in [1.82, 2.24) is 15.2 Å². The van der Waals surface area contributed by atoms with Crippen LogP contribution in [-0.2, 0) is 9.53 Å². The number of rotatable bonds is 3. The molecule has 2 amide bonds. The molecule has 0 bridgehead atoms. The summed E-state index contributed by atoms with van der Waals surface area (Å²) in [6.07, 6.45) is 8.21. The van der Waals surface area contributed by atoms with Gasteiger partial charge in [-0.25, -0.2) is 0 Å². The second-order valence-corrected chi connectivity index (χ2v) is 6.23. The van der Waals surface area contributed by atoms with Crippen molar-refractivity contribution in [2.45, 2.75) is 31.7 Å². The smallest absolute Gasteiger partial charge is 0.255 e. The maximum Gasteiger partial charge on any atom is 0.255 e. The molecule has 6 heteroatoms. The van der Waals surface area contributed by atoms with E-state index in [0.717, 1.165) is 31.3 Å². The molecule has 24 heavy (non-hydrogen) atoms. The number of ether oxygens (including phenoxy) is 1. The molecule has 6 nitrogen and oxygen atoms in total. The number of likely N-dealkylation sites (tertiary alicyclic amines) is 1. The molecule has 1 aromatic rings. The maximum atomic E-state index is 12.4. The van der Waals surface area contributed by atoms with Gasteiger partial charge in [-0.15, -0.1) is 0 Å². The highest BCUT2D eigenvalue weighted by atomic mass is 16.5. The first-order chi connectivity index (χ1) is 11.7. The Morgan fingerprint density at radius 3 is 2.67 bits per heavy atom. The maximum absolute atomic E-state index is 12.4. The zero-order chi connectivity index (χ0) is 16.8. The average Bonchev–Trinajstić information content (AvgIpc) is 2.63. The van der Waals surface area contributed by atoms with Crippen molar-refractivity contribution in [2.24, 2.45) is 0 Å². The standard InChI is InChI=1S/C18H23N3O3/c22-17(12-14-5-10-24-11-6-14)20-16-3-8-21(9-4-16)18(23)15-2-1-7-19-13-15/h1-2,7,12-13,16H,3-6,8-11H2,(H,20,22). The van der Waals surface area contributed by atoms with Gasteiger partial charge in [0.1, 0.15) is 0 Å². The molecule has 1 N–H and O–H groups in total. The molecule has 0 unspecified atom stereocenters. The normalized spacial score (nSPS) is 19.0. The molecule has 0 radical (unpaired) electrons. The molecule has 0 aromatic carbocycles. The Bertz CT molecular complexity index is 599. The lowest BCUT2D eigenvalue weighted by atomic mass is 10.0. The van der Waals surface area contributed by atoms with Gasteiger partial charge < -0.3 is 15.0 Å². The summed E-state index contributed by atoms with van der Waals surface area (Å²) in [4.78, 5) is 30.3. The van der Waals surface area contributed by atoms with Gasteiger partial charge >= 0.3 is 0 Å². The monoisotopic (exact) mass is 329 g/mol. The van der Waals surface area contributed by atoms with Crippen LogP contribution in [0.2, 0.25) is 0 Å².